The quantitative estimate of drug-likeness (QED) is 0.652. The highest BCUT2D eigenvalue weighted by Crippen LogP contribution is 2.44. The van der Waals surface area contributed by atoms with Crippen LogP contribution in [0.25, 0.3) is 0 Å². The average molecular weight is 329 g/mol. The van der Waals surface area contributed by atoms with Crippen molar-refractivity contribution >= 4 is 17.3 Å². The summed E-state index contributed by atoms with van der Waals surface area (Å²) in [5, 5.41) is 16.8. The molecular weight excluding hydrogens is 313 g/mol. The van der Waals surface area contributed by atoms with Crippen molar-refractivity contribution in [3.63, 3.8) is 0 Å². The number of nitrogens with zero attached hydrogens (tertiary/aromatic N) is 1. The molecule has 2 atom stereocenters. The molecular formula is C17H16FN3O3. The number of carbonyl (C=O) groups is 1. The van der Waals surface area contributed by atoms with Crippen molar-refractivity contribution in [1.82, 2.24) is 5.32 Å². The van der Waals surface area contributed by atoms with Crippen LogP contribution in [0.4, 0.5) is 15.8 Å². The molecule has 0 radical (unpaired) electrons. The van der Waals surface area contributed by atoms with Crippen LogP contribution in [-0.2, 0) is 0 Å². The minimum atomic E-state index is -0.519. The van der Waals surface area contributed by atoms with Crippen LogP contribution in [0.15, 0.2) is 42.5 Å². The van der Waals surface area contributed by atoms with Gasteiger partial charge in [-0.1, -0.05) is 12.1 Å². The highest BCUT2D eigenvalue weighted by Gasteiger charge is 2.39. The second kappa shape index (κ2) is 6.27. The summed E-state index contributed by atoms with van der Waals surface area (Å²) in [6.45, 7) is 0. The molecule has 1 aliphatic carbocycles. The third-order valence-electron chi connectivity index (χ3n) is 4.09. The van der Waals surface area contributed by atoms with Gasteiger partial charge < -0.3 is 10.6 Å². The number of benzene rings is 2. The average Bonchev–Trinajstić information content (AvgIpc) is 3.33. The maximum Gasteiger partial charge on any atom is 0.293 e. The number of nitro benzene ring substituents is 1. The number of nitrogens with one attached hydrogen (secondary N) is 2. The van der Waals surface area contributed by atoms with E-state index in [0.717, 1.165) is 12.0 Å². The van der Waals surface area contributed by atoms with Gasteiger partial charge in [0.25, 0.3) is 11.6 Å². The monoisotopic (exact) mass is 329 g/mol. The first-order valence-electron chi connectivity index (χ1n) is 7.52. The first-order chi connectivity index (χ1) is 11.5. The number of halogens is 1. The Hall–Kier alpha value is -2.96. The molecule has 1 fully saturated rings. The van der Waals surface area contributed by atoms with Gasteiger partial charge in [0.15, 0.2) is 0 Å². The van der Waals surface area contributed by atoms with Gasteiger partial charge in [-0.3, -0.25) is 14.9 Å². The van der Waals surface area contributed by atoms with E-state index in [4.69, 9.17) is 0 Å². The van der Waals surface area contributed by atoms with Gasteiger partial charge in [0.2, 0.25) is 0 Å². The SMILES string of the molecule is CNC(=O)c1ccc(N[C@@H]2C[C@H]2c2cccc(F)c2)c([N+](=O)[O-])c1. The van der Waals surface area contributed by atoms with Crippen molar-refractivity contribution in [3.05, 3.63) is 69.5 Å². The van der Waals surface area contributed by atoms with Crippen LogP contribution in [-0.4, -0.2) is 23.9 Å². The van der Waals surface area contributed by atoms with E-state index in [0.29, 0.717) is 5.69 Å². The normalized spacial score (nSPS) is 18.8. The Morgan fingerprint density at radius 1 is 1.29 bits per heavy atom. The molecule has 1 aliphatic rings. The predicted molar refractivity (Wildman–Crippen MR) is 87.7 cm³/mol. The van der Waals surface area contributed by atoms with Crippen LogP contribution in [0.3, 0.4) is 0 Å². The van der Waals surface area contributed by atoms with Gasteiger partial charge in [0.1, 0.15) is 11.5 Å². The summed E-state index contributed by atoms with van der Waals surface area (Å²) in [6, 6.07) is 10.7. The highest BCUT2D eigenvalue weighted by molar-refractivity contribution is 5.95. The van der Waals surface area contributed by atoms with Gasteiger partial charge in [-0.25, -0.2) is 4.39 Å². The Kier molecular flexibility index (Phi) is 4.16. The third-order valence-corrected chi connectivity index (χ3v) is 4.09. The first-order valence-corrected chi connectivity index (χ1v) is 7.52. The van der Waals surface area contributed by atoms with E-state index in [9.17, 15) is 19.3 Å². The summed E-state index contributed by atoms with van der Waals surface area (Å²) in [7, 11) is 1.47. The zero-order valence-corrected chi connectivity index (χ0v) is 13.0. The van der Waals surface area contributed by atoms with Crippen molar-refractivity contribution in [3.8, 4) is 0 Å². The van der Waals surface area contributed by atoms with Crippen molar-refractivity contribution in [2.45, 2.75) is 18.4 Å². The molecule has 0 aromatic heterocycles. The number of anilines is 1. The van der Waals surface area contributed by atoms with Crippen LogP contribution in [0, 0.1) is 15.9 Å². The minimum Gasteiger partial charge on any atom is -0.376 e. The number of rotatable bonds is 5. The zero-order chi connectivity index (χ0) is 17.3. The van der Waals surface area contributed by atoms with Gasteiger partial charge in [0.05, 0.1) is 4.92 Å². The second-order valence-corrected chi connectivity index (χ2v) is 5.72. The van der Waals surface area contributed by atoms with E-state index >= 15 is 0 Å². The maximum atomic E-state index is 13.3. The Bertz CT molecular complexity index is 809. The zero-order valence-electron chi connectivity index (χ0n) is 13.0. The largest absolute Gasteiger partial charge is 0.376 e. The van der Waals surface area contributed by atoms with Crippen LogP contribution in [0.2, 0.25) is 0 Å². The summed E-state index contributed by atoms with van der Waals surface area (Å²) in [4.78, 5) is 22.4. The van der Waals surface area contributed by atoms with E-state index in [-0.39, 0.29) is 34.9 Å². The Morgan fingerprint density at radius 3 is 2.75 bits per heavy atom. The van der Waals surface area contributed by atoms with E-state index in [1.807, 2.05) is 6.07 Å². The molecule has 1 saturated carbocycles. The molecule has 124 valence electrons. The highest BCUT2D eigenvalue weighted by atomic mass is 19.1. The van der Waals surface area contributed by atoms with Crippen molar-refractivity contribution < 1.29 is 14.1 Å². The van der Waals surface area contributed by atoms with Gasteiger partial charge >= 0.3 is 0 Å². The van der Waals surface area contributed by atoms with Crippen LogP contribution in [0.5, 0.6) is 0 Å². The molecule has 2 aromatic rings. The van der Waals surface area contributed by atoms with Gasteiger partial charge in [-0.15, -0.1) is 0 Å². The van der Waals surface area contributed by atoms with Gasteiger partial charge in [0, 0.05) is 30.6 Å². The molecule has 0 saturated heterocycles. The topological polar surface area (TPSA) is 84.3 Å². The predicted octanol–water partition coefficient (Wildman–Crippen LogP) is 3.06. The lowest BCUT2D eigenvalue weighted by Gasteiger charge is -2.08. The lowest BCUT2D eigenvalue weighted by Crippen LogP contribution is -2.18. The molecule has 0 bridgehead atoms. The molecule has 0 spiro atoms. The fourth-order valence-corrected chi connectivity index (χ4v) is 2.75. The van der Waals surface area contributed by atoms with Crippen LogP contribution < -0.4 is 10.6 Å². The Morgan fingerprint density at radius 2 is 2.08 bits per heavy atom. The van der Waals surface area contributed by atoms with E-state index in [2.05, 4.69) is 10.6 Å². The molecule has 1 amide bonds. The van der Waals surface area contributed by atoms with E-state index < -0.39 is 4.92 Å². The van der Waals surface area contributed by atoms with Gasteiger partial charge in [-0.05, 0) is 36.2 Å². The summed E-state index contributed by atoms with van der Waals surface area (Å²) in [5.41, 5.74) is 1.31. The first kappa shape index (κ1) is 15.9. The number of nitro groups is 1. The minimum absolute atomic E-state index is 0.0105. The fourth-order valence-electron chi connectivity index (χ4n) is 2.75. The molecule has 0 heterocycles. The van der Waals surface area contributed by atoms with Crippen LogP contribution >= 0.6 is 0 Å². The number of hydrogen-bond acceptors (Lipinski definition) is 4. The van der Waals surface area contributed by atoms with E-state index in [1.54, 1.807) is 6.07 Å². The Labute approximate surface area is 137 Å². The third kappa shape index (κ3) is 3.19. The summed E-state index contributed by atoms with van der Waals surface area (Å²) in [6.07, 6.45) is 0.776. The van der Waals surface area contributed by atoms with Gasteiger partial charge in [-0.2, -0.15) is 0 Å². The molecule has 6 nitrogen and oxygen atoms in total. The van der Waals surface area contributed by atoms with E-state index in [1.165, 1.54) is 37.4 Å². The molecule has 2 N–H and O–H groups in total. The lowest BCUT2D eigenvalue weighted by atomic mass is 10.1. The van der Waals surface area contributed by atoms with Crippen molar-refractivity contribution in [2.75, 3.05) is 12.4 Å². The fraction of sp³-hybridized carbons (Fsp3) is 0.235. The molecule has 2 aromatic carbocycles. The number of amides is 1. The summed E-state index contributed by atoms with van der Waals surface area (Å²) >= 11 is 0. The molecule has 3 rings (SSSR count). The molecule has 7 heteroatoms. The molecule has 0 aliphatic heterocycles. The second-order valence-electron chi connectivity index (χ2n) is 5.72. The maximum absolute atomic E-state index is 13.3. The van der Waals surface area contributed by atoms with Crippen LogP contribution in [0.1, 0.15) is 28.3 Å². The molecule has 24 heavy (non-hydrogen) atoms. The van der Waals surface area contributed by atoms with Crippen molar-refractivity contribution in [1.29, 1.82) is 0 Å². The standard InChI is InChI=1S/C17H16FN3O3/c1-19-17(22)11-5-6-14(16(8-11)21(23)24)20-15-9-13(15)10-3-2-4-12(18)7-10/h2-8,13,15,20H,9H2,1H3,(H,19,22)/t13-,15+/m0/s1. The van der Waals surface area contributed by atoms with Crippen molar-refractivity contribution in [2.24, 2.45) is 0 Å². The summed E-state index contributed by atoms with van der Waals surface area (Å²) < 4.78 is 13.3. The smallest absolute Gasteiger partial charge is 0.293 e. The Balaban J connectivity index is 1.78. The number of hydrogen-bond donors (Lipinski definition) is 2. The summed E-state index contributed by atoms with van der Waals surface area (Å²) in [5.74, 6) is -0.549. The molecule has 0 unspecified atom stereocenters. The number of carbonyl (C=O) groups excluding carboxylic acids is 1. The lowest BCUT2D eigenvalue weighted by molar-refractivity contribution is -0.384.